The van der Waals surface area contributed by atoms with E-state index >= 15 is 0 Å². The predicted molar refractivity (Wildman–Crippen MR) is 45.4 cm³/mol. The van der Waals surface area contributed by atoms with Crippen LogP contribution in [0.5, 0.6) is 5.75 Å². The van der Waals surface area contributed by atoms with Gasteiger partial charge in [-0.15, -0.1) is 4.91 Å². The highest BCUT2D eigenvalue weighted by Gasteiger charge is 2.10. The summed E-state index contributed by atoms with van der Waals surface area (Å²) in [4.78, 5) is 20.7. The molecule has 1 aromatic carbocycles. The maximum atomic E-state index is 10.6. The summed E-state index contributed by atoms with van der Waals surface area (Å²) >= 11 is 0. The number of hydrogen-bond donors (Lipinski definition) is 1. The third-order valence-corrected chi connectivity index (χ3v) is 1.52. The van der Waals surface area contributed by atoms with Crippen LogP contribution in [-0.2, 0) is 0 Å². The molecule has 0 saturated carbocycles. The maximum Gasteiger partial charge on any atom is 0.339 e. The van der Waals surface area contributed by atoms with Crippen LogP contribution in [0.4, 0.5) is 5.69 Å². The molecule has 0 aliphatic carbocycles. The maximum absolute atomic E-state index is 10.6. The number of rotatable bonds is 3. The molecule has 1 N–H and O–H groups in total. The highest BCUT2D eigenvalue weighted by molar-refractivity contribution is 5.91. The summed E-state index contributed by atoms with van der Waals surface area (Å²) in [6.45, 7) is 0. The molecular formula is C8H7NO4. The number of methoxy groups -OCH3 is 1. The van der Waals surface area contributed by atoms with E-state index in [1.165, 1.54) is 25.3 Å². The molecule has 5 heteroatoms. The van der Waals surface area contributed by atoms with Crippen molar-refractivity contribution in [3.05, 3.63) is 28.7 Å². The Morgan fingerprint density at radius 1 is 1.54 bits per heavy atom. The van der Waals surface area contributed by atoms with Gasteiger partial charge < -0.3 is 9.84 Å². The Bertz CT molecular complexity index is 348. The fourth-order valence-corrected chi connectivity index (χ4v) is 0.913. The number of nitroso groups, excluding NO2 is 1. The number of ether oxygens (including phenoxy) is 1. The van der Waals surface area contributed by atoms with Crippen molar-refractivity contribution in [2.24, 2.45) is 5.18 Å². The van der Waals surface area contributed by atoms with Crippen LogP contribution in [0.3, 0.4) is 0 Å². The van der Waals surface area contributed by atoms with Crippen LogP contribution >= 0.6 is 0 Å². The molecule has 0 radical (unpaired) electrons. The lowest BCUT2D eigenvalue weighted by atomic mass is 10.2. The van der Waals surface area contributed by atoms with Crippen molar-refractivity contribution in [1.29, 1.82) is 0 Å². The quantitative estimate of drug-likeness (QED) is 0.721. The van der Waals surface area contributed by atoms with Crippen molar-refractivity contribution in [1.82, 2.24) is 0 Å². The molecule has 0 spiro atoms. The molecule has 5 nitrogen and oxygen atoms in total. The van der Waals surface area contributed by atoms with Crippen LogP contribution in [0, 0.1) is 4.91 Å². The van der Waals surface area contributed by atoms with E-state index < -0.39 is 5.97 Å². The summed E-state index contributed by atoms with van der Waals surface area (Å²) in [5, 5.41) is 11.3. The van der Waals surface area contributed by atoms with Gasteiger partial charge in [0.2, 0.25) is 0 Å². The second kappa shape index (κ2) is 3.66. The van der Waals surface area contributed by atoms with Gasteiger partial charge >= 0.3 is 5.97 Å². The first-order valence-corrected chi connectivity index (χ1v) is 3.43. The predicted octanol–water partition coefficient (Wildman–Crippen LogP) is 1.79. The molecule has 13 heavy (non-hydrogen) atoms. The SMILES string of the molecule is COc1cc(N=O)ccc1C(=O)O. The average Bonchev–Trinajstić information content (AvgIpc) is 2.16. The van der Waals surface area contributed by atoms with Gasteiger partial charge in [-0.25, -0.2) is 4.79 Å². The minimum absolute atomic E-state index is 0.00917. The highest BCUT2D eigenvalue weighted by Crippen LogP contribution is 2.24. The van der Waals surface area contributed by atoms with E-state index in [2.05, 4.69) is 5.18 Å². The van der Waals surface area contributed by atoms with Crippen molar-refractivity contribution in [3.63, 3.8) is 0 Å². The smallest absolute Gasteiger partial charge is 0.339 e. The first kappa shape index (κ1) is 9.18. The fourth-order valence-electron chi connectivity index (χ4n) is 0.913. The molecule has 0 aliphatic heterocycles. The van der Waals surface area contributed by atoms with Gasteiger partial charge in [-0.05, 0) is 17.3 Å². The molecule has 0 heterocycles. The zero-order valence-corrected chi connectivity index (χ0v) is 6.85. The van der Waals surface area contributed by atoms with E-state index in [0.717, 1.165) is 0 Å². The Morgan fingerprint density at radius 3 is 2.69 bits per heavy atom. The van der Waals surface area contributed by atoms with E-state index in [-0.39, 0.29) is 17.0 Å². The highest BCUT2D eigenvalue weighted by atomic mass is 16.5. The Morgan fingerprint density at radius 2 is 2.23 bits per heavy atom. The molecular weight excluding hydrogens is 174 g/mol. The molecule has 0 saturated heterocycles. The van der Waals surface area contributed by atoms with E-state index in [1.807, 2.05) is 0 Å². The van der Waals surface area contributed by atoms with E-state index in [4.69, 9.17) is 9.84 Å². The number of nitrogens with zero attached hydrogens (tertiary/aromatic N) is 1. The number of aromatic carboxylic acids is 1. The minimum atomic E-state index is -1.10. The minimum Gasteiger partial charge on any atom is -0.496 e. The second-order valence-electron chi connectivity index (χ2n) is 2.28. The Hall–Kier alpha value is -1.91. The summed E-state index contributed by atoms with van der Waals surface area (Å²) in [7, 11) is 1.33. The van der Waals surface area contributed by atoms with Crippen molar-refractivity contribution in [2.45, 2.75) is 0 Å². The average molecular weight is 181 g/mol. The Kier molecular flexibility index (Phi) is 2.59. The van der Waals surface area contributed by atoms with Crippen LogP contribution in [0.1, 0.15) is 10.4 Å². The van der Waals surface area contributed by atoms with Gasteiger partial charge in [0.25, 0.3) is 0 Å². The first-order valence-electron chi connectivity index (χ1n) is 3.43. The van der Waals surface area contributed by atoms with Gasteiger partial charge in [0.15, 0.2) is 0 Å². The van der Waals surface area contributed by atoms with Crippen molar-refractivity contribution in [3.8, 4) is 5.75 Å². The molecule has 0 amide bonds. The van der Waals surface area contributed by atoms with Crippen LogP contribution in [-0.4, -0.2) is 18.2 Å². The molecule has 1 rings (SSSR count). The Balaban J connectivity index is 3.23. The second-order valence-corrected chi connectivity index (χ2v) is 2.28. The number of carboxylic acids is 1. The zero-order valence-electron chi connectivity index (χ0n) is 6.85. The van der Waals surface area contributed by atoms with Gasteiger partial charge in [0, 0.05) is 6.07 Å². The number of hydrogen-bond acceptors (Lipinski definition) is 4. The van der Waals surface area contributed by atoms with Gasteiger partial charge in [0.05, 0.1) is 7.11 Å². The lowest BCUT2D eigenvalue weighted by Gasteiger charge is -2.03. The monoisotopic (exact) mass is 181 g/mol. The largest absolute Gasteiger partial charge is 0.496 e. The van der Waals surface area contributed by atoms with Gasteiger partial charge in [-0.3, -0.25) is 0 Å². The molecule has 0 bridgehead atoms. The van der Waals surface area contributed by atoms with Crippen LogP contribution < -0.4 is 4.74 Å². The van der Waals surface area contributed by atoms with Crippen molar-refractivity contribution < 1.29 is 14.6 Å². The van der Waals surface area contributed by atoms with Gasteiger partial charge in [-0.1, -0.05) is 0 Å². The summed E-state index contributed by atoms with van der Waals surface area (Å²) in [5.41, 5.74) is 0.150. The third-order valence-electron chi connectivity index (χ3n) is 1.52. The van der Waals surface area contributed by atoms with E-state index in [0.29, 0.717) is 0 Å². The molecule has 0 fully saturated rings. The van der Waals surface area contributed by atoms with Gasteiger partial charge in [0.1, 0.15) is 17.0 Å². The number of benzene rings is 1. The Labute approximate surface area is 73.9 Å². The summed E-state index contributed by atoms with van der Waals surface area (Å²) < 4.78 is 4.77. The molecule has 68 valence electrons. The van der Waals surface area contributed by atoms with Crippen LogP contribution in [0.25, 0.3) is 0 Å². The lowest BCUT2D eigenvalue weighted by molar-refractivity contribution is 0.0693. The van der Waals surface area contributed by atoms with Crippen LogP contribution in [0.2, 0.25) is 0 Å². The van der Waals surface area contributed by atoms with Crippen molar-refractivity contribution in [2.75, 3.05) is 7.11 Å². The van der Waals surface area contributed by atoms with Crippen LogP contribution in [0.15, 0.2) is 23.4 Å². The topological polar surface area (TPSA) is 76.0 Å². The molecule has 0 aromatic heterocycles. The standard InChI is InChI=1S/C8H7NO4/c1-13-7-4-5(9-12)2-3-6(7)8(10)11/h2-4H,1H3,(H,10,11). The van der Waals surface area contributed by atoms with E-state index in [1.54, 1.807) is 0 Å². The molecule has 0 atom stereocenters. The number of carboxylic acid groups (broad SMARTS) is 1. The van der Waals surface area contributed by atoms with Crippen molar-refractivity contribution >= 4 is 11.7 Å². The molecule has 0 aliphatic rings. The molecule has 1 aromatic rings. The zero-order chi connectivity index (χ0) is 9.84. The number of carbonyl (C=O) groups is 1. The van der Waals surface area contributed by atoms with E-state index in [9.17, 15) is 9.70 Å². The molecule has 0 unspecified atom stereocenters. The lowest BCUT2D eigenvalue weighted by Crippen LogP contribution is -1.99. The normalized spacial score (nSPS) is 9.31. The summed E-state index contributed by atoms with van der Waals surface area (Å²) in [5.74, 6) is -0.973. The fraction of sp³-hybridized carbons (Fsp3) is 0.125. The third kappa shape index (κ3) is 1.81. The summed E-state index contributed by atoms with van der Waals surface area (Å²) in [6.07, 6.45) is 0. The summed E-state index contributed by atoms with van der Waals surface area (Å²) in [6, 6.07) is 3.87. The van der Waals surface area contributed by atoms with Gasteiger partial charge in [-0.2, -0.15) is 0 Å². The first-order chi connectivity index (χ1) is 6.19.